The fourth-order valence-electron chi connectivity index (χ4n) is 1.97. The molecule has 0 radical (unpaired) electrons. The van der Waals surface area contributed by atoms with E-state index in [4.69, 9.17) is 0 Å². The Labute approximate surface area is 128 Å². The molecule has 4 heteroatoms. The monoisotopic (exact) mass is 300 g/mol. The number of carboxylic acids is 1. The Morgan fingerprint density at radius 1 is 1.10 bits per heavy atom. The molecule has 0 fully saturated rings. The number of carbonyl (C=O) groups excluding carboxylic acids is 1. The number of carbonyl (C=O) groups is 2. The molecule has 0 saturated heterocycles. The zero-order valence-corrected chi connectivity index (χ0v) is 12.5. The number of rotatable bonds is 6. The molecule has 0 bridgehead atoms. The first kappa shape index (κ1) is 15.3. The number of hydrogen-bond donors (Lipinski definition) is 1. The highest BCUT2D eigenvalue weighted by atomic mass is 32.2. The average molecular weight is 300 g/mol. The Kier molecular flexibility index (Phi) is 5.17. The van der Waals surface area contributed by atoms with Gasteiger partial charge in [-0.3, -0.25) is 9.59 Å². The van der Waals surface area contributed by atoms with Gasteiger partial charge in [0.1, 0.15) is 5.25 Å². The Morgan fingerprint density at radius 3 is 2.43 bits per heavy atom. The third-order valence-corrected chi connectivity index (χ3v) is 4.29. The highest BCUT2D eigenvalue weighted by Crippen LogP contribution is 2.35. The third kappa shape index (κ3) is 3.95. The van der Waals surface area contributed by atoms with Crippen molar-refractivity contribution >= 4 is 23.5 Å². The maximum atomic E-state index is 11.7. The molecule has 2 aromatic carbocycles. The molecule has 1 unspecified atom stereocenters. The van der Waals surface area contributed by atoms with Crippen molar-refractivity contribution in [2.45, 2.75) is 23.5 Å². The van der Waals surface area contributed by atoms with E-state index in [1.807, 2.05) is 31.2 Å². The summed E-state index contributed by atoms with van der Waals surface area (Å²) < 4.78 is 0. The second-order valence-corrected chi connectivity index (χ2v) is 5.73. The SMILES string of the molecule is CCC(=O)c1cccc(SC(C(=O)O)c2ccccc2)c1. The van der Waals surface area contributed by atoms with Crippen molar-refractivity contribution in [2.75, 3.05) is 0 Å². The van der Waals surface area contributed by atoms with E-state index in [0.717, 1.165) is 10.5 Å². The van der Waals surface area contributed by atoms with Crippen LogP contribution in [0.4, 0.5) is 0 Å². The maximum absolute atomic E-state index is 11.7. The molecule has 0 amide bonds. The van der Waals surface area contributed by atoms with Gasteiger partial charge in [0.25, 0.3) is 0 Å². The lowest BCUT2D eigenvalue weighted by Crippen LogP contribution is -2.07. The van der Waals surface area contributed by atoms with E-state index in [9.17, 15) is 14.7 Å². The van der Waals surface area contributed by atoms with Crippen molar-refractivity contribution in [2.24, 2.45) is 0 Å². The lowest BCUT2D eigenvalue weighted by molar-refractivity contribution is -0.136. The second-order valence-electron chi connectivity index (χ2n) is 4.55. The van der Waals surface area contributed by atoms with Gasteiger partial charge >= 0.3 is 5.97 Å². The van der Waals surface area contributed by atoms with Crippen LogP contribution in [-0.4, -0.2) is 16.9 Å². The van der Waals surface area contributed by atoms with Crippen molar-refractivity contribution in [3.05, 3.63) is 65.7 Å². The average Bonchev–Trinajstić information content (AvgIpc) is 2.52. The standard InChI is InChI=1S/C17H16O3S/c1-2-15(18)13-9-6-10-14(11-13)21-16(17(19)20)12-7-4-3-5-8-12/h3-11,16H,2H2,1H3,(H,19,20). The molecule has 0 heterocycles. The van der Waals surface area contributed by atoms with Gasteiger partial charge in [-0.1, -0.05) is 49.4 Å². The van der Waals surface area contributed by atoms with Crippen LogP contribution in [0.2, 0.25) is 0 Å². The first-order chi connectivity index (χ1) is 10.1. The molecule has 2 aromatic rings. The summed E-state index contributed by atoms with van der Waals surface area (Å²) in [4.78, 5) is 24.0. The van der Waals surface area contributed by atoms with Crippen LogP contribution in [0, 0.1) is 0 Å². The van der Waals surface area contributed by atoms with Gasteiger partial charge in [0.05, 0.1) is 0 Å². The van der Waals surface area contributed by atoms with Crippen LogP contribution in [0.3, 0.4) is 0 Å². The smallest absolute Gasteiger partial charge is 0.321 e. The fraction of sp³-hybridized carbons (Fsp3) is 0.176. The van der Waals surface area contributed by atoms with Gasteiger partial charge in [-0.15, -0.1) is 11.8 Å². The van der Waals surface area contributed by atoms with Crippen LogP contribution in [0.15, 0.2) is 59.5 Å². The number of Topliss-reactive ketones (excluding diaryl/α,β-unsaturated/α-hetero) is 1. The zero-order valence-electron chi connectivity index (χ0n) is 11.7. The van der Waals surface area contributed by atoms with E-state index in [0.29, 0.717) is 12.0 Å². The number of benzene rings is 2. The fourth-order valence-corrected chi connectivity index (χ4v) is 2.99. The second kappa shape index (κ2) is 7.09. The molecular weight excluding hydrogens is 284 g/mol. The van der Waals surface area contributed by atoms with E-state index in [-0.39, 0.29) is 5.78 Å². The maximum Gasteiger partial charge on any atom is 0.321 e. The van der Waals surface area contributed by atoms with E-state index >= 15 is 0 Å². The molecule has 3 nitrogen and oxygen atoms in total. The van der Waals surface area contributed by atoms with Crippen molar-refractivity contribution in [3.8, 4) is 0 Å². The lowest BCUT2D eigenvalue weighted by Gasteiger charge is -2.13. The van der Waals surface area contributed by atoms with E-state index in [1.165, 1.54) is 11.8 Å². The summed E-state index contributed by atoms with van der Waals surface area (Å²) in [7, 11) is 0. The van der Waals surface area contributed by atoms with Gasteiger partial charge in [0.15, 0.2) is 5.78 Å². The van der Waals surface area contributed by atoms with Crippen LogP contribution in [-0.2, 0) is 4.79 Å². The summed E-state index contributed by atoms with van der Waals surface area (Å²) in [6.45, 7) is 1.81. The molecule has 108 valence electrons. The van der Waals surface area contributed by atoms with Crippen molar-refractivity contribution in [1.29, 1.82) is 0 Å². The predicted molar refractivity (Wildman–Crippen MR) is 83.7 cm³/mol. The van der Waals surface area contributed by atoms with Gasteiger partial charge in [0.2, 0.25) is 0 Å². The molecule has 0 aromatic heterocycles. The molecule has 1 N–H and O–H groups in total. The summed E-state index contributed by atoms with van der Waals surface area (Å²) >= 11 is 1.24. The molecule has 1 atom stereocenters. The van der Waals surface area contributed by atoms with Crippen LogP contribution < -0.4 is 0 Å². The van der Waals surface area contributed by atoms with Gasteiger partial charge in [-0.25, -0.2) is 0 Å². The Balaban J connectivity index is 2.26. The highest BCUT2D eigenvalue weighted by molar-refractivity contribution is 8.00. The van der Waals surface area contributed by atoms with Gasteiger partial charge in [0, 0.05) is 16.9 Å². The largest absolute Gasteiger partial charge is 0.480 e. The van der Waals surface area contributed by atoms with Gasteiger partial charge < -0.3 is 5.11 Å². The molecule has 0 spiro atoms. The summed E-state index contributed by atoms with van der Waals surface area (Å²) in [5.41, 5.74) is 1.36. The summed E-state index contributed by atoms with van der Waals surface area (Å²) in [6.07, 6.45) is 0.440. The summed E-state index contributed by atoms with van der Waals surface area (Å²) in [5.74, 6) is -0.831. The summed E-state index contributed by atoms with van der Waals surface area (Å²) in [6, 6.07) is 16.2. The molecule has 0 aliphatic rings. The Hall–Kier alpha value is -2.07. The molecule has 0 aliphatic heterocycles. The molecule has 0 saturated carbocycles. The Bertz CT molecular complexity index is 637. The zero-order chi connectivity index (χ0) is 15.2. The highest BCUT2D eigenvalue weighted by Gasteiger charge is 2.21. The quantitative estimate of drug-likeness (QED) is 0.642. The van der Waals surface area contributed by atoms with Crippen LogP contribution >= 0.6 is 11.8 Å². The number of thioether (sulfide) groups is 1. The minimum Gasteiger partial charge on any atom is -0.480 e. The molecule has 0 aliphatic carbocycles. The normalized spacial score (nSPS) is 11.9. The molecule has 2 rings (SSSR count). The van der Waals surface area contributed by atoms with Crippen LogP contribution in [0.25, 0.3) is 0 Å². The van der Waals surface area contributed by atoms with E-state index in [2.05, 4.69) is 0 Å². The van der Waals surface area contributed by atoms with Gasteiger partial charge in [-0.05, 0) is 17.7 Å². The number of carboxylic acid groups (broad SMARTS) is 1. The lowest BCUT2D eigenvalue weighted by atomic mass is 10.1. The number of hydrogen-bond acceptors (Lipinski definition) is 3. The minimum atomic E-state index is -0.890. The van der Waals surface area contributed by atoms with E-state index in [1.54, 1.807) is 30.3 Å². The number of aliphatic carboxylic acids is 1. The van der Waals surface area contributed by atoms with Crippen LogP contribution in [0.5, 0.6) is 0 Å². The molecule has 21 heavy (non-hydrogen) atoms. The predicted octanol–water partition coefficient (Wildman–Crippen LogP) is 4.20. The first-order valence-corrected chi connectivity index (χ1v) is 7.57. The van der Waals surface area contributed by atoms with Crippen molar-refractivity contribution in [3.63, 3.8) is 0 Å². The van der Waals surface area contributed by atoms with Crippen LogP contribution in [0.1, 0.15) is 34.5 Å². The van der Waals surface area contributed by atoms with Gasteiger partial charge in [-0.2, -0.15) is 0 Å². The molecular formula is C17H16O3S. The Morgan fingerprint density at radius 2 is 1.81 bits per heavy atom. The topological polar surface area (TPSA) is 54.4 Å². The van der Waals surface area contributed by atoms with E-state index < -0.39 is 11.2 Å². The minimum absolute atomic E-state index is 0.0593. The third-order valence-electron chi connectivity index (χ3n) is 3.06. The van der Waals surface area contributed by atoms with Crippen molar-refractivity contribution in [1.82, 2.24) is 0 Å². The first-order valence-electron chi connectivity index (χ1n) is 6.69. The van der Waals surface area contributed by atoms with Crippen molar-refractivity contribution < 1.29 is 14.7 Å². The summed E-state index contributed by atoms with van der Waals surface area (Å²) in [5, 5.41) is 8.74. The number of ketones is 1.